The molecule has 1 saturated carbocycles. The zero-order chi connectivity index (χ0) is 19.1. The van der Waals surface area contributed by atoms with E-state index in [4.69, 9.17) is 10.4 Å². The molecule has 0 aromatic carbocycles. The Bertz CT molecular complexity index is 1170. The van der Waals surface area contributed by atoms with Crippen molar-refractivity contribution in [2.24, 2.45) is 0 Å². The van der Waals surface area contributed by atoms with Gasteiger partial charge in [-0.1, -0.05) is 18.9 Å². The molecule has 0 saturated heterocycles. The van der Waals surface area contributed by atoms with E-state index in [1.165, 1.54) is 10.5 Å². The molecule has 0 bridgehead atoms. The van der Waals surface area contributed by atoms with Crippen molar-refractivity contribution in [2.45, 2.75) is 45.6 Å². The summed E-state index contributed by atoms with van der Waals surface area (Å²) in [4.78, 5) is 30.4. The number of carbonyl (C=O) groups excluding carboxylic acids is 1. The second-order valence-electron chi connectivity index (χ2n) is 7.16. The fraction of sp³-hybridized carbons (Fsp3) is 0.400. The highest BCUT2D eigenvalue weighted by atomic mass is 16.1. The molecule has 3 heterocycles. The fourth-order valence-electron chi connectivity index (χ4n) is 3.95. The highest BCUT2D eigenvalue weighted by molar-refractivity contribution is 5.96. The average molecular weight is 365 g/mol. The molecule has 0 spiro atoms. The molecule has 2 N–H and O–H groups in total. The van der Waals surface area contributed by atoms with Crippen LogP contribution in [0.25, 0.3) is 16.7 Å². The van der Waals surface area contributed by atoms with Gasteiger partial charge < -0.3 is 9.88 Å². The molecule has 7 heteroatoms. The lowest BCUT2D eigenvalue weighted by Gasteiger charge is -2.19. The van der Waals surface area contributed by atoms with E-state index >= 15 is 0 Å². The van der Waals surface area contributed by atoms with Gasteiger partial charge in [-0.25, -0.2) is 4.98 Å². The number of amides is 1. The molecular formula is C20H23N5O2. The first-order valence-corrected chi connectivity index (χ1v) is 9.42. The Balaban J connectivity index is 2.13. The number of nitrogens with zero attached hydrogens (tertiary/aromatic N) is 3. The Morgan fingerprint density at radius 3 is 2.78 bits per heavy atom. The van der Waals surface area contributed by atoms with Crippen LogP contribution in [0.2, 0.25) is 0 Å². The Kier molecular flexibility index (Phi) is 4.30. The second kappa shape index (κ2) is 6.64. The van der Waals surface area contributed by atoms with Gasteiger partial charge in [0.15, 0.2) is 0 Å². The third-order valence-corrected chi connectivity index (χ3v) is 5.27. The summed E-state index contributed by atoms with van der Waals surface area (Å²) in [5, 5.41) is 11.8. The number of hydrogen-bond donors (Lipinski definition) is 2. The monoisotopic (exact) mass is 365 g/mol. The molecule has 3 aromatic heterocycles. The van der Waals surface area contributed by atoms with Crippen molar-refractivity contribution in [2.75, 3.05) is 6.54 Å². The highest BCUT2D eigenvalue weighted by Crippen LogP contribution is 2.30. The number of aryl methyl sites for hydroxylation is 1. The zero-order valence-electron chi connectivity index (χ0n) is 15.6. The summed E-state index contributed by atoms with van der Waals surface area (Å²) in [6.07, 6.45) is 5.77. The van der Waals surface area contributed by atoms with E-state index in [2.05, 4.69) is 5.32 Å². The molecule has 140 valence electrons. The van der Waals surface area contributed by atoms with Crippen molar-refractivity contribution in [3.63, 3.8) is 0 Å². The maximum Gasteiger partial charge on any atom is 0.267 e. The van der Waals surface area contributed by atoms with Gasteiger partial charge in [0, 0.05) is 18.8 Å². The van der Waals surface area contributed by atoms with Crippen molar-refractivity contribution >= 4 is 22.6 Å². The SMILES string of the molecule is CCNC(=O)c1cc2c(=O)n3cc(C)ccc3nc2n(C2CCCC2)c1=N. The molecule has 1 aliphatic rings. The van der Waals surface area contributed by atoms with Crippen molar-refractivity contribution in [3.8, 4) is 0 Å². The van der Waals surface area contributed by atoms with Gasteiger partial charge in [0.2, 0.25) is 0 Å². The van der Waals surface area contributed by atoms with E-state index in [0.29, 0.717) is 23.2 Å². The predicted molar refractivity (Wildman–Crippen MR) is 103 cm³/mol. The standard InChI is InChI=1S/C20H23N5O2/c1-3-22-19(26)14-10-15-18(25(17(14)21)13-6-4-5-7-13)23-16-9-8-12(2)11-24(16)20(15)27/h8-11,13,21H,3-7H2,1-2H3,(H,22,26). The summed E-state index contributed by atoms with van der Waals surface area (Å²) in [5.74, 6) is -0.329. The molecule has 0 radical (unpaired) electrons. The van der Waals surface area contributed by atoms with Crippen LogP contribution in [0.4, 0.5) is 0 Å². The minimum Gasteiger partial charge on any atom is -0.352 e. The molecule has 4 rings (SSSR count). The summed E-state index contributed by atoms with van der Waals surface area (Å²) in [7, 11) is 0. The van der Waals surface area contributed by atoms with Gasteiger partial charge in [-0.3, -0.25) is 19.4 Å². The minimum atomic E-state index is -0.329. The third-order valence-electron chi connectivity index (χ3n) is 5.27. The summed E-state index contributed by atoms with van der Waals surface area (Å²) < 4.78 is 3.32. The molecule has 27 heavy (non-hydrogen) atoms. The number of aromatic nitrogens is 3. The fourth-order valence-corrected chi connectivity index (χ4v) is 3.95. The van der Waals surface area contributed by atoms with E-state index in [0.717, 1.165) is 31.2 Å². The lowest BCUT2D eigenvalue weighted by Crippen LogP contribution is -2.36. The van der Waals surface area contributed by atoms with Gasteiger partial charge in [-0.05, 0) is 44.4 Å². The molecule has 1 amide bonds. The predicted octanol–water partition coefficient (Wildman–Crippen LogP) is 2.30. The first-order valence-electron chi connectivity index (χ1n) is 9.42. The van der Waals surface area contributed by atoms with Crippen LogP contribution >= 0.6 is 0 Å². The maximum absolute atomic E-state index is 13.2. The van der Waals surface area contributed by atoms with Crippen LogP contribution in [0.5, 0.6) is 0 Å². The van der Waals surface area contributed by atoms with E-state index < -0.39 is 0 Å². The quantitative estimate of drug-likeness (QED) is 0.698. The van der Waals surface area contributed by atoms with Gasteiger partial charge in [-0.2, -0.15) is 0 Å². The van der Waals surface area contributed by atoms with Gasteiger partial charge in [-0.15, -0.1) is 0 Å². The number of fused-ring (bicyclic) bond motifs is 2. The second-order valence-corrected chi connectivity index (χ2v) is 7.16. The number of rotatable bonds is 3. The van der Waals surface area contributed by atoms with Crippen molar-refractivity contribution in [1.29, 1.82) is 5.41 Å². The van der Waals surface area contributed by atoms with Crippen LogP contribution < -0.4 is 16.4 Å². The molecule has 3 aromatic rings. The Morgan fingerprint density at radius 1 is 1.33 bits per heavy atom. The Labute approximate surface area is 156 Å². The van der Waals surface area contributed by atoms with Crippen LogP contribution in [0.3, 0.4) is 0 Å². The molecule has 0 atom stereocenters. The Hall–Kier alpha value is -2.96. The van der Waals surface area contributed by atoms with Crippen LogP contribution in [0, 0.1) is 12.3 Å². The largest absolute Gasteiger partial charge is 0.352 e. The van der Waals surface area contributed by atoms with Crippen LogP contribution in [-0.4, -0.2) is 26.4 Å². The lowest BCUT2D eigenvalue weighted by molar-refractivity contribution is 0.0953. The van der Waals surface area contributed by atoms with E-state index in [-0.39, 0.29) is 28.6 Å². The number of hydrogen-bond acceptors (Lipinski definition) is 4. The number of carbonyl (C=O) groups is 1. The molecule has 1 fully saturated rings. The topological polar surface area (TPSA) is 92.2 Å². The first kappa shape index (κ1) is 17.5. The summed E-state index contributed by atoms with van der Waals surface area (Å²) >= 11 is 0. The average Bonchev–Trinajstić information content (AvgIpc) is 3.16. The summed E-state index contributed by atoms with van der Waals surface area (Å²) in [5.41, 5.74) is 2.14. The smallest absolute Gasteiger partial charge is 0.267 e. The highest BCUT2D eigenvalue weighted by Gasteiger charge is 2.24. The molecule has 7 nitrogen and oxygen atoms in total. The van der Waals surface area contributed by atoms with Crippen LogP contribution in [-0.2, 0) is 0 Å². The number of nitrogens with one attached hydrogen (secondary N) is 2. The first-order chi connectivity index (χ1) is 13.0. The summed E-state index contributed by atoms with van der Waals surface area (Å²) in [6.45, 7) is 4.22. The van der Waals surface area contributed by atoms with Crippen LogP contribution in [0.1, 0.15) is 54.6 Å². The van der Waals surface area contributed by atoms with E-state index in [1.807, 2.05) is 26.0 Å². The summed E-state index contributed by atoms with van der Waals surface area (Å²) in [6, 6.07) is 5.35. The van der Waals surface area contributed by atoms with Crippen LogP contribution in [0.15, 0.2) is 29.2 Å². The van der Waals surface area contributed by atoms with Gasteiger partial charge >= 0.3 is 0 Å². The van der Waals surface area contributed by atoms with Gasteiger partial charge in [0.25, 0.3) is 11.5 Å². The lowest BCUT2D eigenvalue weighted by atomic mass is 10.1. The zero-order valence-corrected chi connectivity index (χ0v) is 15.6. The maximum atomic E-state index is 13.2. The molecule has 0 unspecified atom stereocenters. The van der Waals surface area contributed by atoms with E-state index in [9.17, 15) is 9.59 Å². The normalized spacial score (nSPS) is 14.9. The van der Waals surface area contributed by atoms with Gasteiger partial charge in [0.05, 0.1) is 10.9 Å². The van der Waals surface area contributed by atoms with Crippen molar-refractivity contribution < 1.29 is 4.79 Å². The minimum absolute atomic E-state index is 0.0918. The van der Waals surface area contributed by atoms with Crippen molar-refractivity contribution in [3.05, 3.63) is 51.4 Å². The molecule has 0 aliphatic heterocycles. The van der Waals surface area contributed by atoms with E-state index in [1.54, 1.807) is 10.8 Å². The Morgan fingerprint density at radius 2 is 2.07 bits per heavy atom. The number of pyridine rings is 2. The van der Waals surface area contributed by atoms with Crippen molar-refractivity contribution in [1.82, 2.24) is 19.3 Å². The third kappa shape index (κ3) is 2.83. The molecule has 1 aliphatic carbocycles. The molecular weight excluding hydrogens is 342 g/mol. The van der Waals surface area contributed by atoms with Gasteiger partial charge in [0.1, 0.15) is 16.8 Å².